The number of benzene rings is 1. The number of hydrogen-bond donors (Lipinski definition) is 2. The summed E-state index contributed by atoms with van der Waals surface area (Å²) in [6.07, 6.45) is -0.762. The Hall–Kier alpha value is -1.21. The van der Waals surface area contributed by atoms with Crippen LogP contribution in [0.15, 0.2) is 30.3 Å². The standard InChI is InChI=1S/C14H24NO4Si/c1-14(2,20(4,5)18)11-19-13(16)15(3,17)12-9-7-6-8-10-12/h6-10,17-18H,11H2,1-5H3/q+1. The van der Waals surface area contributed by atoms with E-state index in [9.17, 15) is 14.8 Å². The highest BCUT2D eigenvalue weighted by atomic mass is 28.4. The van der Waals surface area contributed by atoms with Crippen molar-refractivity contribution in [2.75, 3.05) is 13.7 Å². The molecule has 20 heavy (non-hydrogen) atoms. The molecule has 0 aliphatic rings. The minimum atomic E-state index is -2.46. The van der Waals surface area contributed by atoms with E-state index in [0.717, 1.165) is 0 Å². The molecular weight excluding hydrogens is 274 g/mol. The summed E-state index contributed by atoms with van der Waals surface area (Å²) in [6, 6.07) is 8.58. The zero-order valence-corrected chi connectivity index (χ0v) is 13.8. The van der Waals surface area contributed by atoms with E-state index in [0.29, 0.717) is 5.69 Å². The van der Waals surface area contributed by atoms with E-state index < -0.39 is 24.1 Å². The fourth-order valence-corrected chi connectivity index (χ4v) is 1.79. The third-order valence-electron chi connectivity index (χ3n) is 3.83. The fourth-order valence-electron chi connectivity index (χ4n) is 1.37. The van der Waals surface area contributed by atoms with Gasteiger partial charge in [-0.3, -0.25) is 0 Å². The van der Waals surface area contributed by atoms with Gasteiger partial charge in [0, 0.05) is 17.2 Å². The van der Waals surface area contributed by atoms with Crippen molar-refractivity contribution >= 4 is 20.1 Å². The third kappa shape index (κ3) is 3.66. The van der Waals surface area contributed by atoms with Gasteiger partial charge in [0.15, 0.2) is 14.0 Å². The Morgan fingerprint density at radius 1 is 1.30 bits per heavy atom. The van der Waals surface area contributed by atoms with Crippen LogP contribution < -0.4 is 4.65 Å². The Balaban J connectivity index is 2.77. The molecule has 1 unspecified atom stereocenters. The van der Waals surface area contributed by atoms with E-state index >= 15 is 0 Å². The number of hydroxylamine groups is 2. The van der Waals surface area contributed by atoms with E-state index in [-0.39, 0.29) is 6.61 Å². The summed E-state index contributed by atoms with van der Waals surface area (Å²) in [5.74, 6) is 0. The molecule has 0 heterocycles. The van der Waals surface area contributed by atoms with Gasteiger partial charge in [-0.05, 0) is 13.1 Å². The van der Waals surface area contributed by atoms with Crippen LogP contribution in [-0.4, -0.2) is 38.1 Å². The Morgan fingerprint density at radius 2 is 1.80 bits per heavy atom. The SMILES string of the molecule is CC(C)(COC(=O)[N+](C)(O)c1ccccc1)[Si](C)(C)O. The quantitative estimate of drug-likeness (QED) is 0.388. The molecule has 0 aliphatic heterocycles. The first-order valence-electron chi connectivity index (χ1n) is 6.53. The van der Waals surface area contributed by atoms with Gasteiger partial charge in [-0.25, -0.2) is 5.21 Å². The number of quaternary nitrogens is 1. The van der Waals surface area contributed by atoms with Gasteiger partial charge in [-0.1, -0.05) is 36.7 Å². The minimum Gasteiger partial charge on any atom is -0.432 e. The lowest BCUT2D eigenvalue weighted by atomic mass is 10.2. The summed E-state index contributed by atoms with van der Waals surface area (Å²) in [7, 11) is -1.10. The summed E-state index contributed by atoms with van der Waals surface area (Å²) in [5, 5.41) is 9.78. The normalized spacial score (nSPS) is 15.6. The molecule has 0 saturated carbocycles. The molecule has 0 saturated heterocycles. The minimum absolute atomic E-state index is 0.0722. The molecule has 5 nitrogen and oxygen atoms in total. The molecule has 1 aromatic rings. The molecule has 1 aromatic carbocycles. The predicted octanol–water partition coefficient (Wildman–Crippen LogP) is 3.13. The monoisotopic (exact) mass is 298 g/mol. The largest absolute Gasteiger partial charge is 0.554 e. The van der Waals surface area contributed by atoms with Crippen molar-refractivity contribution in [2.45, 2.75) is 32.0 Å². The summed E-state index contributed by atoms with van der Waals surface area (Å²) >= 11 is 0. The lowest BCUT2D eigenvalue weighted by Gasteiger charge is -2.34. The van der Waals surface area contributed by atoms with Crippen molar-refractivity contribution in [1.82, 2.24) is 4.65 Å². The first-order valence-corrected chi connectivity index (χ1v) is 9.48. The van der Waals surface area contributed by atoms with E-state index in [1.54, 1.807) is 43.4 Å². The highest BCUT2D eigenvalue weighted by Crippen LogP contribution is 2.35. The molecular formula is C14H24NO4Si+. The van der Waals surface area contributed by atoms with Crippen molar-refractivity contribution < 1.29 is 19.5 Å². The molecule has 1 amide bonds. The van der Waals surface area contributed by atoms with Gasteiger partial charge in [0.25, 0.3) is 0 Å². The number of rotatable bonds is 4. The second-order valence-electron chi connectivity index (χ2n) is 6.29. The summed E-state index contributed by atoms with van der Waals surface area (Å²) in [6.45, 7) is 7.38. The van der Waals surface area contributed by atoms with Gasteiger partial charge in [-0.15, -0.1) is 0 Å². The Bertz CT molecular complexity index is 466. The summed E-state index contributed by atoms with van der Waals surface area (Å²) in [5.41, 5.74) is 0.427. The van der Waals surface area contributed by atoms with Gasteiger partial charge in [0.1, 0.15) is 13.7 Å². The molecule has 1 rings (SSSR count). The van der Waals surface area contributed by atoms with Crippen LogP contribution in [0.4, 0.5) is 10.5 Å². The molecule has 0 spiro atoms. The predicted molar refractivity (Wildman–Crippen MR) is 81.0 cm³/mol. The van der Waals surface area contributed by atoms with Gasteiger partial charge >= 0.3 is 6.09 Å². The van der Waals surface area contributed by atoms with E-state index in [1.165, 1.54) is 7.05 Å². The Labute approximate surface area is 121 Å². The van der Waals surface area contributed by atoms with Crippen LogP contribution in [0, 0.1) is 0 Å². The van der Waals surface area contributed by atoms with Crippen molar-refractivity contribution in [3.05, 3.63) is 30.3 Å². The summed E-state index contributed by atoms with van der Waals surface area (Å²) in [4.78, 5) is 22.2. The van der Waals surface area contributed by atoms with Crippen LogP contribution in [0.5, 0.6) is 0 Å². The maximum atomic E-state index is 12.1. The maximum absolute atomic E-state index is 12.1. The molecule has 6 heteroatoms. The molecule has 0 aromatic heterocycles. The highest BCUT2D eigenvalue weighted by molar-refractivity contribution is 6.72. The van der Waals surface area contributed by atoms with Crippen molar-refractivity contribution in [1.29, 1.82) is 0 Å². The van der Waals surface area contributed by atoms with Crippen LogP contribution in [0.25, 0.3) is 0 Å². The second kappa shape index (κ2) is 5.65. The van der Waals surface area contributed by atoms with Crippen molar-refractivity contribution in [3.63, 3.8) is 0 Å². The number of carbonyl (C=O) groups is 1. The van der Waals surface area contributed by atoms with Gasteiger partial charge in [-0.2, -0.15) is 4.79 Å². The van der Waals surface area contributed by atoms with Gasteiger partial charge in [0.05, 0.1) is 0 Å². The molecule has 0 fully saturated rings. The first-order chi connectivity index (χ1) is 8.98. The molecule has 0 aliphatic carbocycles. The van der Waals surface area contributed by atoms with E-state index in [1.807, 2.05) is 13.8 Å². The zero-order chi connectivity index (χ0) is 15.6. The zero-order valence-electron chi connectivity index (χ0n) is 12.8. The average Bonchev–Trinajstić information content (AvgIpc) is 2.35. The van der Waals surface area contributed by atoms with Crippen molar-refractivity contribution in [2.24, 2.45) is 0 Å². The fraction of sp³-hybridized carbons (Fsp3) is 0.500. The highest BCUT2D eigenvalue weighted by Gasteiger charge is 2.42. The van der Waals surface area contributed by atoms with Gasteiger partial charge < -0.3 is 9.53 Å². The first kappa shape index (κ1) is 16.8. The van der Waals surface area contributed by atoms with Gasteiger partial charge in [0.2, 0.25) is 0 Å². The number of amides is 1. The number of carbonyl (C=O) groups excluding carboxylic acids is 1. The number of hydrogen-bond acceptors (Lipinski definition) is 4. The van der Waals surface area contributed by atoms with Crippen LogP contribution in [0.1, 0.15) is 13.8 Å². The smallest absolute Gasteiger partial charge is 0.432 e. The number of para-hydroxylation sites is 1. The second-order valence-corrected chi connectivity index (χ2v) is 10.8. The number of nitrogens with zero attached hydrogens (tertiary/aromatic N) is 1. The molecule has 2 N–H and O–H groups in total. The molecule has 0 radical (unpaired) electrons. The topological polar surface area (TPSA) is 66.8 Å². The van der Waals surface area contributed by atoms with Crippen LogP contribution >= 0.6 is 0 Å². The van der Waals surface area contributed by atoms with Crippen molar-refractivity contribution in [3.8, 4) is 0 Å². The average molecular weight is 298 g/mol. The maximum Gasteiger partial charge on any atom is 0.554 e. The summed E-state index contributed by atoms with van der Waals surface area (Å²) < 4.78 is 4.24. The Kier molecular flexibility index (Phi) is 4.76. The molecule has 1 atom stereocenters. The van der Waals surface area contributed by atoms with E-state index in [4.69, 9.17) is 4.74 Å². The molecule has 112 valence electrons. The lowest BCUT2D eigenvalue weighted by molar-refractivity contribution is -0.0479. The molecule has 0 bridgehead atoms. The van der Waals surface area contributed by atoms with Crippen LogP contribution in [-0.2, 0) is 4.74 Å². The third-order valence-corrected chi connectivity index (χ3v) is 7.28. The Morgan fingerprint density at radius 3 is 2.25 bits per heavy atom. The number of ether oxygens (including phenoxy) is 1. The lowest BCUT2D eigenvalue weighted by Crippen LogP contribution is -2.50. The van der Waals surface area contributed by atoms with Crippen LogP contribution in [0.3, 0.4) is 0 Å². The van der Waals surface area contributed by atoms with Crippen LogP contribution in [0.2, 0.25) is 18.1 Å². The van der Waals surface area contributed by atoms with E-state index in [2.05, 4.69) is 0 Å².